The minimum Gasteiger partial charge on any atom is -0.384 e. The Morgan fingerprint density at radius 3 is 3.00 bits per heavy atom. The van der Waals surface area contributed by atoms with Crippen LogP contribution in [0.4, 0.5) is 5.82 Å². The van der Waals surface area contributed by atoms with Crippen molar-refractivity contribution in [3.63, 3.8) is 0 Å². The molecule has 17 heavy (non-hydrogen) atoms. The molecule has 1 unspecified atom stereocenters. The van der Waals surface area contributed by atoms with E-state index in [0.717, 1.165) is 24.3 Å². The molecule has 3 N–H and O–H groups in total. The first kappa shape index (κ1) is 12.7. The molecule has 0 saturated carbocycles. The van der Waals surface area contributed by atoms with E-state index in [9.17, 15) is 8.42 Å². The summed E-state index contributed by atoms with van der Waals surface area (Å²) in [5.74, 6) is 2.16. The maximum Gasteiger partial charge on any atom is 0.241 e. The zero-order chi connectivity index (χ0) is 12.3. The SMILES string of the molecule is Nc1cc(S(=O)(=O)NC2CCCSC2)ccn1. The molecule has 2 heterocycles. The summed E-state index contributed by atoms with van der Waals surface area (Å²) in [5.41, 5.74) is 5.48. The van der Waals surface area contributed by atoms with E-state index in [-0.39, 0.29) is 16.8 Å². The fraction of sp³-hybridized carbons (Fsp3) is 0.500. The van der Waals surface area contributed by atoms with Gasteiger partial charge in [0.05, 0.1) is 4.90 Å². The second-order valence-corrected chi connectivity index (χ2v) is 6.82. The second-order valence-electron chi connectivity index (χ2n) is 3.95. The van der Waals surface area contributed by atoms with Gasteiger partial charge >= 0.3 is 0 Å². The summed E-state index contributed by atoms with van der Waals surface area (Å²) in [4.78, 5) is 3.96. The summed E-state index contributed by atoms with van der Waals surface area (Å²) >= 11 is 1.78. The lowest BCUT2D eigenvalue weighted by atomic mass is 10.2. The van der Waals surface area contributed by atoms with Crippen molar-refractivity contribution in [1.82, 2.24) is 9.71 Å². The van der Waals surface area contributed by atoms with Crippen LogP contribution < -0.4 is 10.5 Å². The molecule has 0 amide bonds. The molecule has 2 rings (SSSR count). The third kappa shape index (κ3) is 3.34. The van der Waals surface area contributed by atoms with Crippen molar-refractivity contribution in [3.8, 4) is 0 Å². The molecular weight excluding hydrogens is 258 g/mol. The number of nitrogens with one attached hydrogen (secondary N) is 1. The van der Waals surface area contributed by atoms with Gasteiger partial charge in [0.2, 0.25) is 10.0 Å². The quantitative estimate of drug-likeness (QED) is 0.852. The highest BCUT2D eigenvalue weighted by molar-refractivity contribution is 7.99. The first-order chi connectivity index (χ1) is 8.08. The summed E-state index contributed by atoms with van der Waals surface area (Å²) in [6.07, 6.45) is 3.35. The van der Waals surface area contributed by atoms with Crippen LogP contribution >= 0.6 is 11.8 Å². The number of nitrogens with zero attached hydrogens (tertiary/aromatic N) is 1. The predicted molar refractivity (Wildman–Crippen MR) is 69.3 cm³/mol. The van der Waals surface area contributed by atoms with Crippen molar-refractivity contribution in [1.29, 1.82) is 0 Å². The Balaban J connectivity index is 2.13. The van der Waals surface area contributed by atoms with E-state index in [1.54, 1.807) is 11.8 Å². The predicted octanol–water partition coefficient (Wildman–Crippen LogP) is 0.838. The molecule has 7 heteroatoms. The summed E-state index contributed by atoms with van der Waals surface area (Å²) in [6, 6.07) is 2.85. The van der Waals surface area contributed by atoms with E-state index < -0.39 is 10.0 Å². The number of aromatic nitrogens is 1. The van der Waals surface area contributed by atoms with Crippen molar-refractivity contribution in [2.45, 2.75) is 23.8 Å². The Morgan fingerprint density at radius 2 is 2.35 bits per heavy atom. The Morgan fingerprint density at radius 1 is 1.53 bits per heavy atom. The number of nitrogens with two attached hydrogens (primary N) is 1. The fourth-order valence-electron chi connectivity index (χ4n) is 1.72. The molecular formula is C10H15N3O2S2. The average molecular weight is 273 g/mol. The Hall–Kier alpha value is -0.790. The molecule has 0 aromatic carbocycles. The van der Waals surface area contributed by atoms with Crippen molar-refractivity contribution in [2.75, 3.05) is 17.2 Å². The van der Waals surface area contributed by atoms with Gasteiger partial charge in [0, 0.05) is 24.1 Å². The van der Waals surface area contributed by atoms with E-state index >= 15 is 0 Å². The first-order valence-electron chi connectivity index (χ1n) is 5.39. The van der Waals surface area contributed by atoms with Crippen molar-refractivity contribution >= 4 is 27.6 Å². The Bertz CT molecular complexity index is 484. The molecule has 0 aliphatic carbocycles. The van der Waals surface area contributed by atoms with Crippen LogP contribution in [0.15, 0.2) is 23.2 Å². The van der Waals surface area contributed by atoms with Crippen LogP contribution in [0.2, 0.25) is 0 Å². The van der Waals surface area contributed by atoms with E-state index in [1.807, 2.05) is 0 Å². The van der Waals surface area contributed by atoms with Gasteiger partial charge in [-0.15, -0.1) is 0 Å². The molecule has 5 nitrogen and oxygen atoms in total. The van der Waals surface area contributed by atoms with Gasteiger partial charge in [0.1, 0.15) is 5.82 Å². The lowest BCUT2D eigenvalue weighted by molar-refractivity contribution is 0.543. The monoisotopic (exact) mass is 273 g/mol. The molecule has 0 spiro atoms. The normalized spacial score (nSPS) is 21.3. The Labute approximate surface area is 105 Å². The highest BCUT2D eigenvalue weighted by atomic mass is 32.2. The van der Waals surface area contributed by atoms with Gasteiger partial charge in [-0.3, -0.25) is 0 Å². The minimum absolute atomic E-state index is 0.0214. The summed E-state index contributed by atoms with van der Waals surface area (Å²) < 4.78 is 26.8. The molecule has 1 aromatic rings. The number of anilines is 1. The number of nitrogen functional groups attached to an aromatic ring is 1. The molecule has 1 fully saturated rings. The molecule has 1 aromatic heterocycles. The van der Waals surface area contributed by atoms with Gasteiger partial charge < -0.3 is 5.73 Å². The highest BCUT2D eigenvalue weighted by Crippen LogP contribution is 2.19. The van der Waals surface area contributed by atoms with Gasteiger partial charge in [0.25, 0.3) is 0 Å². The lowest BCUT2D eigenvalue weighted by Crippen LogP contribution is -2.38. The van der Waals surface area contributed by atoms with E-state index in [1.165, 1.54) is 18.3 Å². The van der Waals surface area contributed by atoms with Crippen molar-refractivity contribution < 1.29 is 8.42 Å². The van der Waals surface area contributed by atoms with Crippen molar-refractivity contribution in [3.05, 3.63) is 18.3 Å². The second kappa shape index (κ2) is 5.24. The maximum atomic E-state index is 12.0. The summed E-state index contributed by atoms with van der Waals surface area (Å²) in [7, 11) is -3.47. The molecule has 1 aliphatic heterocycles. The molecule has 1 aliphatic rings. The van der Waals surface area contributed by atoms with Crippen LogP contribution in [-0.2, 0) is 10.0 Å². The molecule has 0 bridgehead atoms. The first-order valence-corrected chi connectivity index (χ1v) is 8.03. The van der Waals surface area contributed by atoms with Gasteiger partial charge in [-0.05, 0) is 24.7 Å². The zero-order valence-electron chi connectivity index (χ0n) is 9.30. The number of thioether (sulfide) groups is 1. The summed E-state index contributed by atoms with van der Waals surface area (Å²) in [6.45, 7) is 0. The molecule has 1 atom stereocenters. The number of pyridine rings is 1. The Kier molecular flexibility index (Phi) is 3.90. The van der Waals surface area contributed by atoms with E-state index in [2.05, 4.69) is 9.71 Å². The van der Waals surface area contributed by atoms with Gasteiger partial charge in [-0.2, -0.15) is 11.8 Å². The van der Waals surface area contributed by atoms with Crippen LogP contribution in [-0.4, -0.2) is 30.9 Å². The number of rotatable bonds is 3. The van der Waals surface area contributed by atoms with Crippen LogP contribution in [0, 0.1) is 0 Å². The van der Waals surface area contributed by atoms with Crippen molar-refractivity contribution in [2.24, 2.45) is 0 Å². The molecule has 0 radical (unpaired) electrons. The van der Waals surface area contributed by atoms with E-state index in [4.69, 9.17) is 5.73 Å². The summed E-state index contributed by atoms with van der Waals surface area (Å²) in [5, 5.41) is 0. The van der Waals surface area contributed by atoms with Crippen LogP contribution in [0.5, 0.6) is 0 Å². The fourth-order valence-corrected chi connectivity index (χ4v) is 4.19. The molecule has 1 saturated heterocycles. The van der Waals surface area contributed by atoms with Crippen LogP contribution in [0.25, 0.3) is 0 Å². The number of hydrogen-bond acceptors (Lipinski definition) is 5. The zero-order valence-corrected chi connectivity index (χ0v) is 10.9. The molecule has 94 valence electrons. The smallest absolute Gasteiger partial charge is 0.241 e. The third-order valence-corrected chi connectivity index (χ3v) is 5.28. The largest absolute Gasteiger partial charge is 0.384 e. The topological polar surface area (TPSA) is 85.1 Å². The standard InChI is InChI=1S/C10H15N3O2S2/c11-10-6-9(3-4-12-10)17(14,15)13-8-2-1-5-16-7-8/h3-4,6,8,13H,1-2,5,7H2,(H2,11,12). The number of hydrogen-bond donors (Lipinski definition) is 2. The maximum absolute atomic E-state index is 12.0. The van der Waals surface area contributed by atoms with Gasteiger partial charge in [-0.25, -0.2) is 18.1 Å². The third-order valence-electron chi connectivity index (χ3n) is 2.54. The van der Waals surface area contributed by atoms with Gasteiger partial charge in [0.15, 0.2) is 0 Å². The number of sulfonamides is 1. The van der Waals surface area contributed by atoms with E-state index in [0.29, 0.717) is 0 Å². The van der Waals surface area contributed by atoms with Crippen LogP contribution in [0.3, 0.4) is 0 Å². The average Bonchev–Trinajstić information content (AvgIpc) is 2.30. The highest BCUT2D eigenvalue weighted by Gasteiger charge is 2.22. The van der Waals surface area contributed by atoms with Gasteiger partial charge in [-0.1, -0.05) is 0 Å². The lowest BCUT2D eigenvalue weighted by Gasteiger charge is -2.22. The minimum atomic E-state index is -3.47. The van der Waals surface area contributed by atoms with Crippen LogP contribution in [0.1, 0.15) is 12.8 Å².